The van der Waals surface area contributed by atoms with E-state index in [9.17, 15) is 4.79 Å². The second-order valence-corrected chi connectivity index (χ2v) is 5.75. The van der Waals surface area contributed by atoms with Gasteiger partial charge in [0.05, 0.1) is 11.8 Å². The SMILES string of the molecule is Cc1ccoc1C(=O)NC1(CCl)CCC(C)CC1. The van der Waals surface area contributed by atoms with Gasteiger partial charge in [0.1, 0.15) is 0 Å². The van der Waals surface area contributed by atoms with Crippen LogP contribution in [-0.2, 0) is 0 Å². The molecule has 0 saturated heterocycles. The van der Waals surface area contributed by atoms with Crippen LogP contribution in [0.2, 0.25) is 0 Å². The number of carbonyl (C=O) groups is 1. The Bertz CT molecular complexity index is 419. The summed E-state index contributed by atoms with van der Waals surface area (Å²) in [6.07, 6.45) is 5.67. The Hall–Kier alpha value is -0.960. The van der Waals surface area contributed by atoms with Gasteiger partial charge in [-0.2, -0.15) is 0 Å². The Balaban J connectivity index is 2.07. The normalized spacial score (nSPS) is 28.1. The van der Waals surface area contributed by atoms with Gasteiger partial charge in [-0.1, -0.05) is 6.92 Å². The smallest absolute Gasteiger partial charge is 0.287 e. The van der Waals surface area contributed by atoms with E-state index in [-0.39, 0.29) is 11.4 Å². The number of furan rings is 1. The molecule has 0 spiro atoms. The van der Waals surface area contributed by atoms with Crippen molar-refractivity contribution in [1.29, 1.82) is 0 Å². The van der Waals surface area contributed by atoms with E-state index in [1.165, 1.54) is 0 Å². The van der Waals surface area contributed by atoms with Gasteiger partial charge < -0.3 is 9.73 Å². The van der Waals surface area contributed by atoms with E-state index in [1.807, 2.05) is 6.92 Å². The molecule has 0 unspecified atom stereocenters. The number of carbonyl (C=O) groups excluding carboxylic acids is 1. The van der Waals surface area contributed by atoms with E-state index in [0.29, 0.717) is 11.6 Å². The van der Waals surface area contributed by atoms with Crippen LogP contribution in [0.1, 0.15) is 48.7 Å². The number of hydrogen-bond acceptors (Lipinski definition) is 2. The molecular formula is C14H20ClNO2. The van der Waals surface area contributed by atoms with Crippen LogP contribution in [0.15, 0.2) is 16.7 Å². The monoisotopic (exact) mass is 269 g/mol. The molecule has 0 aliphatic heterocycles. The predicted molar refractivity (Wildman–Crippen MR) is 72.0 cm³/mol. The molecule has 0 atom stereocenters. The largest absolute Gasteiger partial charge is 0.459 e. The highest BCUT2D eigenvalue weighted by atomic mass is 35.5. The van der Waals surface area contributed by atoms with Gasteiger partial charge in [-0.05, 0) is 44.6 Å². The molecule has 3 nitrogen and oxygen atoms in total. The molecule has 0 bridgehead atoms. The summed E-state index contributed by atoms with van der Waals surface area (Å²) < 4.78 is 5.22. The lowest BCUT2D eigenvalue weighted by molar-refractivity contribution is 0.0843. The van der Waals surface area contributed by atoms with E-state index >= 15 is 0 Å². The Morgan fingerprint density at radius 3 is 2.72 bits per heavy atom. The lowest BCUT2D eigenvalue weighted by atomic mass is 9.78. The summed E-state index contributed by atoms with van der Waals surface area (Å²) in [6.45, 7) is 4.12. The van der Waals surface area contributed by atoms with Gasteiger partial charge in [0.15, 0.2) is 5.76 Å². The maximum absolute atomic E-state index is 12.2. The zero-order valence-electron chi connectivity index (χ0n) is 11.0. The summed E-state index contributed by atoms with van der Waals surface area (Å²) in [5.74, 6) is 1.44. The third-order valence-corrected chi connectivity index (χ3v) is 4.45. The van der Waals surface area contributed by atoms with Gasteiger partial charge >= 0.3 is 0 Å². The lowest BCUT2D eigenvalue weighted by Gasteiger charge is -2.38. The van der Waals surface area contributed by atoms with E-state index < -0.39 is 0 Å². The van der Waals surface area contributed by atoms with Gasteiger partial charge in [-0.3, -0.25) is 4.79 Å². The molecule has 100 valence electrons. The van der Waals surface area contributed by atoms with Gasteiger partial charge in [-0.15, -0.1) is 11.6 Å². The van der Waals surface area contributed by atoms with Crippen LogP contribution in [0.25, 0.3) is 0 Å². The summed E-state index contributed by atoms with van der Waals surface area (Å²) in [6, 6.07) is 1.80. The number of aryl methyl sites for hydroxylation is 1. The standard InChI is InChI=1S/C14H20ClNO2/c1-10-3-6-14(9-15,7-4-10)16-13(17)12-11(2)5-8-18-12/h5,8,10H,3-4,6-7,9H2,1-2H3,(H,16,17). The van der Waals surface area contributed by atoms with Crippen molar-refractivity contribution in [2.45, 2.75) is 45.1 Å². The van der Waals surface area contributed by atoms with Crippen LogP contribution in [0.4, 0.5) is 0 Å². The highest BCUT2D eigenvalue weighted by Crippen LogP contribution is 2.33. The highest BCUT2D eigenvalue weighted by Gasteiger charge is 2.35. The molecule has 1 aliphatic carbocycles. The van der Waals surface area contributed by atoms with Crippen molar-refractivity contribution >= 4 is 17.5 Å². The lowest BCUT2D eigenvalue weighted by Crippen LogP contribution is -2.52. The van der Waals surface area contributed by atoms with Crippen molar-refractivity contribution in [3.8, 4) is 0 Å². The van der Waals surface area contributed by atoms with Crippen LogP contribution < -0.4 is 5.32 Å². The van der Waals surface area contributed by atoms with Crippen molar-refractivity contribution in [1.82, 2.24) is 5.32 Å². The number of rotatable bonds is 3. The van der Waals surface area contributed by atoms with Gasteiger partial charge in [0.25, 0.3) is 5.91 Å². The first-order valence-electron chi connectivity index (χ1n) is 6.49. The quantitative estimate of drug-likeness (QED) is 0.854. The van der Waals surface area contributed by atoms with Crippen LogP contribution >= 0.6 is 11.6 Å². The summed E-state index contributed by atoms with van der Waals surface area (Å²) >= 11 is 6.08. The summed E-state index contributed by atoms with van der Waals surface area (Å²) in [5, 5.41) is 3.08. The number of alkyl halides is 1. The first kappa shape index (κ1) is 13.5. The summed E-state index contributed by atoms with van der Waals surface area (Å²) in [7, 11) is 0. The molecule has 1 saturated carbocycles. The van der Waals surface area contributed by atoms with E-state index in [0.717, 1.165) is 37.2 Å². The van der Waals surface area contributed by atoms with Gasteiger partial charge in [0.2, 0.25) is 0 Å². The molecule has 0 aromatic carbocycles. The minimum Gasteiger partial charge on any atom is -0.459 e. The Morgan fingerprint density at radius 2 is 2.22 bits per heavy atom. The van der Waals surface area contributed by atoms with Crippen LogP contribution in [-0.4, -0.2) is 17.3 Å². The van der Waals surface area contributed by atoms with Gasteiger partial charge in [0, 0.05) is 11.4 Å². The predicted octanol–water partition coefficient (Wildman–Crippen LogP) is 3.51. The molecule has 1 N–H and O–H groups in total. The molecule has 1 aliphatic rings. The minimum absolute atomic E-state index is 0.146. The van der Waals surface area contributed by atoms with Crippen LogP contribution in [0.5, 0.6) is 0 Å². The second-order valence-electron chi connectivity index (χ2n) is 5.48. The maximum Gasteiger partial charge on any atom is 0.287 e. The summed E-state index contributed by atoms with van der Waals surface area (Å²) in [5.41, 5.74) is 0.603. The van der Waals surface area contributed by atoms with Crippen molar-refractivity contribution in [2.75, 3.05) is 5.88 Å². The average molecular weight is 270 g/mol. The molecule has 2 rings (SSSR count). The molecule has 1 amide bonds. The fraction of sp³-hybridized carbons (Fsp3) is 0.643. The number of halogens is 1. The Labute approximate surface area is 113 Å². The van der Waals surface area contributed by atoms with Crippen LogP contribution in [0, 0.1) is 12.8 Å². The fourth-order valence-corrected chi connectivity index (χ4v) is 2.84. The third-order valence-electron chi connectivity index (χ3n) is 3.93. The fourth-order valence-electron chi connectivity index (χ4n) is 2.51. The zero-order valence-corrected chi connectivity index (χ0v) is 11.7. The Morgan fingerprint density at radius 1 is 1.56 bits per heavy atom. The van der Waals surface area contributed by atoms with Crippen molar-refractivity contribution in [2.24, 2.45) is 5.92 Å². The number of hydrogen-bond donors (Lipinski definition) is 1. The number of amides is 1. The van der Waals surface area contributed by atoms with Gasteiger partial charge in [-0.25, -0.2) is 0 Å². The topological polar surface area (TPSA) is 42.2 Å². The molecule has 4 heteroatoms. The molecular weight excluding hydrogens is 250 g/mol. The number of nitrogens with one attached hydrogen (secondary N) is 1. The van der Waals surface area contributed by atoms with E-state index in [4.69, 9.17) is 16.0 Å². The third kappa shape index (κ3) is 2.72. The molecule has 1 heterocycles. The highest BCUT2D eigenvalue weighted by molar-refractivity contribution is 6.19. The zero-order chi connectivity index (χ0) is 13.2. The first-order chi connectivity index (χ1) is 8.56. The second kappa shape index (κ2) is 5.35. The van der Waals surface area contributed by atoms with Crippen molar-refractivity contribution in [3.63, 3.8) is 0 Å². The molecule has 1 aromatic heterocycles. The van der Waals surface area contributed by atoms with Crippen molar-refractivity contribution in [3.05, 3.63) is 23.7 Å². The summed E-state index contributed by atoms with van der Waals surface area (Å²) in [4.78, 5) is 12.2. The maximum atomic E-state index is 12.2. The van der Waals surface area contributed by atoms with E-state index in [1.54, 1.807) is 12.3 Å². The Kier molecular flexibility index (Phi) is 4.00. The minimum atomic E-state index is -0.260. The molecule has 0 radical (unpaired) electrons. The molecule has 18 heavy (non-hydrogen) atoms. The van der Waals surface area contributed by atoms with Crippen LogP contribution in [0.3, 0.4) is 0 Å². The molecule has 1 fully saturated rings. The van der Waals surface area contributed by atoms with E-state index in [2.05, 4.69) is 12.2 Å². The molecule has 1 aromatic rings. The first-order valence-corrected chi connectivity index (χ1v) is 7.02. The average Bonchev–Trinajstić information content (AvgIpc) is 2.79. The van der Waals surface area contributed by atoms with Crippen molar-refractivity contribution < 1.29 is 9.21 Å².